The van der Waals surface area contributed by atoms with Crippen LogP contribution in [0, 0.1) is 0 Å². The Labute approximate surface area is 221 Å². The number of hydrogen-bond acceptors (Lipinski definition) is 7. The van der Waals surface area contributed by atoms with Gasteiger partial charge in [-0.1, -0.05) is 0 Å². The monoisotopic (exact) mass is 516 g/mol. The molecule has 214 valence electrons. The van der Waals surface area contributed by atoms with Gasteiger partial charge in [0.25, 0.3) is 0 Å². The minimum absolute atomic E-state index is 0.0101. The van der Waals surface area contributed by atoms with Crippen molar-refractivity contribution in [2.24, 2.45) is 0 Å². The van der Waals surface area contributed by atoms with E-state index in [1.807, 2.05) is 0 Å². The predicted octanol–water partition coefficient (Wildman–Crippen LogP) is 5.70. The van der Waals surface area contributed by atoms with Crippen molar-refractivity contribution in [2.75, 3.05) is 19.8 Å². The Hall–Kier alpha value is -0.280. The van der Waals surface area contributed by atoms with Crippen LogP contribution in [0.5, 0.6) is 0 Å². The highest BCUT2D eigenvalue weighted by Gasteiger charge is 2.62. The lowest BCUT2D eigenvalue weighted by molar-refractivity contribution is -0.262. The van der Waals surface area contributed by atoms with Gasteiger partial charge in [-0.05, 0) is 96.9 Å². The summed E-state index contributed by atoms with van der Waals surface area (Å²) in [6, 6.07) is 0. The molecule has 0 aliphatic carbocycles. The molecule has 0 N–H and O–H groups in total. The molecular formula is C29H56O7. The van der Waals surface area contributed by atoms with E-state index in [4.69, 9.17) is 33.2 Å². The molecule has 0 aromatic heterocycles. The van der Waals surface area contributed by atoms with E-state index in [1.165, 1.54) is 0 Å². The van der Waals surface area contributed by atoms with Gasteiger partial charge in [-0.3, -0.25) is 0 Å². The molecule has 3 aliphatic heterocycles. The average molecular weight is 517 g/mol. The van der Waals surface area contributed by atoms with Crippen molar-refractivity contribution >= 4 is 0 Å². The molecule has 7 nitrogen and oxygen atoms in total. The van der Waals surface area contributed by atoms with Crippen molar-refractivity contribution in [3.63, 3.8) is 0 Å². The maximum atomic E-state index is 6.13. The van der Waals surface area contributed by atoms with Gasteiger partial charge in [0.1, 0.15) is 17.8 Å². The quantitative estimate of drug-likeness (QED) is 0.448. The molecule has 3 aliphatic rings. The highest BCUT2D eigenvalue weighted by molar-refractivity contribution is 5.09. The van der Waals surface area contributed by atoms with E-state index < -0.39 is 0 Å². The maximum absolute atomic E-state index is 6.13. The molecule has 0 bridgehead atoms. The Morgan fingerprint density at radius 1 is 0.722 bits per heavy atom. The first-order valence-corrected chi connectivity index (χ1v) is 13.7. The largest absolute Gasteiger partial charge is 0.373 e. The zero-order valence-electron chi connectivity index (χ0n) is 25.7. The van der Waals surface area contributed by atoms with Gasteiger partial charge in [0.15, 0.2) is 0 Å². The van der Waals surface area contributed by atoms with Gasteiger partial charge in [-0.15, -0.1) is 0 Å². The summed E-state index contributed by atoms with van der Waals surface area (Å²) in [5, 5.41) is 0. The predicted molar refractivity (Wildman–Crippen MR) is 143 cm³/mol. The topological polar surface area (TPSA) is 64.6 Å². The summed E-state index contributed by atoms with van der Waals surface area (Å²) < 4.78 is 41.5. The summed E-state index contributed by atoms with van der Waals surface area (Å²) in [6.45, 7) is 30.7. The van der Waals surface area contributed by atoms with Gasteiger partial charge in [0.2, 0.25) is 0 Å². The minimum Gasteiger partial charge on any atom is -0.373 e. The molecule has 0 aromatic carbocycles. The second-order valence-corrected chi connectivity index (χ2v) is 14.6. The first-order valence-electron chi connectivity index (χ1n) is 13.7. The number of hydrogen-bond donors (Lipinski definition) is 0. The number of fused-ring (bicyclic) bond motifs is 1. The van der Waals surface area contributed by atoms with E-state index in [0.29, 0.717) is 19.8 Å². The minimum atomic E-state index is -0.317. The van der Waals surface area contributed by atoms with Gasteiger partial charge in [-0.2, -0.15) is 0 Å². The molecule has 0 amide bonds. The molecule has 3 saturated heterocycles. The van der Waals surface area contributed by atoms with Crippen LogP contribution >= 0.6 is 0 Å². The third-order valence-electron chi connectivity index (χ3n) is 6.08. The summed E-state index contributed by atoms with van der Waals surface area (Å²) in [5.41, 5.74) is -0.882. The van der Waals surface area contributed by atoms with Crippen molar-refractivity contribution in [3.05, 3.63) is 0 Å². The summed E-state index contributed by atoms with van der Waals surface area (Å²) in [7, 11) is 0. The third kappa shape index (κ3) is 10.1. The highest BCUT2D eigenvalue weighted by Crippen LogP contribution is 2.44. The van der Waals surface area contributed by atoms with E-state index in [1.54, 1.807) is 0 Å². The summed E-state index contributed by atoms with van der Waals surface area (Å²) >= 11 is 0. The first kappa shape index (κ1) is 31.9. The van der Waals surface area contributed by atoms with Crippen LogP contribution in [0.15, 0.2) is 0 Å². The number of ether oxygens (including phenoxy) is 7. The Kier molecular flexibility index (Phi) is 10.2. The molecule has 7 heteroatoms. The van der Waals surface area contributed by atoms with E-state index in [0.717, 1.165) is 6.42 Å². The number of rotatable bonds is 6. The molecule has 0 spiro atoms. The fourth-order valence-electron chi connectivity index (χ4n) is 4.55. The Balaban J connectivity index is 0.000000255. The van der Waals surface area contributed by atoms with Gasteiger partial charge in [-0.25, -0.2) is 0 Å². The fraction of sp³-hybridized carbons (Fsp3) is 1.00. The SMILES string of the molecule is CC1OC(COC(C)(C)C)CC1OC(C)(C)C.CC1OC2(COC(C)(C)C)COC2C1OC(C)(C)C. The van der Waals surface area contributed by atoms with Gasteiger partial charge in [0, 0.05) is 6.42 Å². The Morgan fingerprint density at radius 3 is 1.72 bits per heavy atom. The Morgan fingerprint density at radius 2 is 1.28 bits per heavy atom. The van der Waals surface area contributed by atoms with Crippen molar-refractivity contribution in [3.8, 4) is 0 Å². The summed E-state index contributed by atoms with van der Waals surface area (Å²) in [4.78, 5) is 0. The summed E-state index contributed by atoms with van der Waals surface area (Å²) in [5.74, 6) is 0. The lowest BCUT2D eigenvalue weighted by Crippen LogP contribution is -2.63. The van der Waals surface area contributed by atoms with Crippen molar-refractivity contribution < 1.29 is 33.2 Å². The molecule has 36 heavy (non-hydrogen) atoms. The van der Waals surface area contributed by atoms with Gasteiger partial charge >= 0.3 is 0 Å². The fourth-order valence-corrected chi connectivity index (χ4v) is 4.55. The van der Waals surface area contributed by atoms with Crippen LogP contribution in [0.25, 0.3) is 0 Å². The normalized spacial score (nSPS) is 35.2. The van der Waals surface area contributed by atoms with Crippen molar-refractivity contribution in [1.82, 2.24) is 0 Å². The van der Waals surface area contributed by atoms with Crippen LogP contribution in [0.3, 0.4) is 0 Å². The molecule has 3 fully saturated rings. The molecule has 3 heterocycles. The maximum Gasteiger partial charge on any atom is 0.144 e. The molecule has 3 rings (SSSR count). The van der Waals surface area contributed by atoms with E-state index >= 15 is 0 Å². The van der Waals surface area contributed by atoms with Crippen LogP contribution in [-0.4, -0.2) is 84.4 Å². The van der Waals surface area contributed by atoms with Crippen LogP contribution in [0.1, 0.15) is 103 Å². The van der Waals surface area contributed by atoms with Gasteiger partial charge < -0.3 is 33.2 Å². The summed E-state index contributed by atoms with van der Waals surface area (Å²) in [6.07, 6.45) is 1.44. The van der Waals surface area contributed by atoms with Crippen LogP contribution in [-0.2, 0) is 33.2 Å². The van der Waals surface area contributed by atoms with Crippen LogP contribution in [0.2, 0.25) is 0 Å². The Bertz CT molecular complexity index is 682. The van der Waals surface area contributed by atoms with E-state index in [9.17, 15) is 0 Å². The second kappa shape index (κ2) is 11.4. The van der Waals surface area contributed by atoms with E-state index in [2.05, 4.69) is 96.9 Å². The molecule has 7 unspecified atom stereocenters. The zero-order valence-corrected chi connectivity index (χ0v) is 25.7. The van der Waals surface area contributed by atoms with Crippen LogP contribution in [0.4, 0.5) is 0 Å². The molecule has 0 aromatic rings. The van der Waals surface area contributed by atoms with Crippen molar-refractivity contribution in [1.29, 1.82) is 0 Å². The highest BCUT2D eigenvalue weighted by atomic mass is 16.7. The van der Waals surface area contributed by atoms with Crippen LogP contribution < -0.4 is 0 Å². The first-order chi connectivity index (χ1) is 16.1. The second-order valence-electron chi connectivity index (χ2n) is 14.6. The van der Waals surface area contributed by atoms with E-state index in [-0.39, 0.29) is 64.6 Å². The molecule has 7 atom stereocenters. The lowest BCUT2D eigenvalue weighted by Gasteiger charge is -2.45. The molecular weight excluding hydrogens is 460 g/mol. The molecule has 0 saturated carbocycles. The molecule has 0 radical (unpaired) electrons. The standard InChI is InChI=1S/C15H28O4.C14H28O3/c1-10-11(19-14(5,6)7)12-15(18-10,8-16-12)9-17-13(2,3)4;1-10-12(17-14(5,6)7)8-11(16-10)9-15-13(2,3)4/h10-12H,8-9H2,1-7H3;10-12H,8-9H2,1-7H3. The van der Waals surface area contributed by atoms with Crippen molar-refractivity contribution in [2.45, 2.75) is 168 Å². The van der Waals surface area contributed by atoms with Gasteiger partial charge in [0.05, 0.1) is 66.6 Å². The lowest BCUT2D eigenvalue weighted by atomic mass is 9.90. The zero-order chi connectivity index (χ0) is 27.7. The third-order valence-corrected chi connectivity index (χ3v) is 6.08. The smallest absolute Gasteiger partial charge is 0.144 e. The average Bonchev–Trinajstić information content (AvgIpc) is 3.05.